The van der Waals surface area contributed by atoms with E-state index in [1.165, 1.54) is 48.5 Å². The Morgan fingerprint density at radius 2 is 1.54 bits per heavy atom. The van der Waals surface area contributed by atoms with Crippen molar-refractivity contribution in [1.82, 2.24) is 5.32 Å². The van der Waals surface area contributed by atoms with Gasteiger partial charge in [0.15, 0.2) is 5.75 Å². The monoisotopic (exact) mass is 598 g/mol. The summed E-state index contributed by atoms with van der Waals surface area (Å²) in [5, 5.41) is 2.53. The Bertz CT molecular complexity index is 1600. The molecule has 1 fully saturated rings. The fourth-order valence-electron chi connectivity index (χ4n) is 3.30. The van der Waals surface area contributed by atoms with E-state index in [0.29, 0.717) is 15.6 Å². The van der Waals surface area contributed by atoms with Crippen molar-refractivity contribution >= 4 is 86.1 Å². The molecule has 13 heteroatoms. The Kier molecular flexibility index (Phi) is 7.55. The Hall–Kier alpha value is -3.08. The minimum absolute atomic E-state index is 0.0648. The number of imide groups is 2. The number of carbonyl (C=O) groups excluding carboxylic acids is 3. The number of rotatable bonds is 5. The number of benzene rings is 3. The normalized spacial score (nSPS) is 15.2. The maximum Gasteiger partial charge on any atom is 0.339 e. The van der Waals surface area contributed by atoms with E-state index in [0.717, 1.165) is 11.0 Å². The SMILES string of the molecule is Cc1ccc(N2C(=O)NC(=O)/C(=C\c3cc(Cl)cc(Cl)c3OS(=O)(=O)c3ccc(Cl)cc3)C2=O)cc1Cl. The highest BCUT2D eigenvalue weighted by Gasteiger charge is 2.37. The number of hydrogen-bond acceptors (Lipinski definition) is 6. The first-order chi connectivity index (χ1) is 17.4. The highest BCUT2D eigenvalue weighted by atomic mass is 35.5. The van der Waals surface area contributed by atoms with Crippen molar-refractivity contribution in [2.24, 2.45) is 0 Å². The van der Waals surface area contributed by atoms with Crippen molar-refractivity contribution in [2.75, 3.05) is 4.90 Å². The smallest absolute Gasteiger partial charge is 0.339 e. The van der Waals surface area contributed by atoms with Gasteiger partial charge >= 0.3 is 16.1 Å². The van der Waals surface area contributed by atoms with E-state index in [4.69, 9.17) is 50.6 Å². The van der Waals surface area contributed by atoms with Crippen molar-refractivity contribution < 1.29 is 27.0 Å². The number of amides is 4. The van der Waals surface area contributed by atoms with Crippen LogP contribution in [-0.4, -0.2) is 26.3 Å². The molecule has 0 aromatic heterocycles. The first kappa shape index (κ1) is 27.0. The molecule has 1 aliphatic heterocycles. The molecule has 0 radical (unpaired) electrons. The zero-order valence-corrected chi connectivity index (χ0v) is 22.4. The van der Waals surface area contributed by atoms with E-state index in [-0.39, 0.29) is 26.2 Å². The molecule has 0 saturated carbocycles. The van der Waals surface area contributed by atoms with Gasteiger partial charge in [-0.1, -0.05) is 52.5 Å². The summed E-state index contributed by atoms with van der Waals surface area (Å²) in [6.45, 7) is 1.74. The lowest BCUT2D eigenvalue weighted by atomic mass is 10.1. The van der Waals surface area contributed by atoms with Gasteiger partial charge in [-0.25, -0.2) is 9.69 Å². The number of nitrogens with zero attached hydrogens (tertiary/aromatic N) is 1. The Morgan fingerprint density at radius 1 is 0.865 bits per heavy atom. The van der Waals surface area contributed by atoms with E-state index in [2.05, 4.69) is 5.32 Å². The van der Waals surface area contributed by atoms with Crippen LogP contribution < -0.4 is 14.4 Å². The molecule has 1 heterocycles. The van der Waals surface area contributed by atoms with Gasteiger partial charge in [-0.05, 0) is 67.1 Å². The quantitative estimate of drug-likeness (QED) is 0.217. The summed E-state index contributed by atoms with van der Waals surface area (Å²) in [5.74, 6) is -2.40. The number of barbiturate groups is 1. The molecule has 4 amide bonds. The minimum atomic E-state index is -4.41. The van der Waals surface area contributed by atoms with Gasteiger partial charge in [-0.15, -0.1) is 0 Å². The summed E-state index contributed by atoms with van der Waals surface area (Å²) < 4.78 is 31.0. The van der Waals surface area contributed by atoms with Gasteiger partial charge < -0.3 is 4.18 Å². The molecule has 0 aliphatic carbocycles. The average Bonchev–Trinajstić information content (AvgIpc) is 2.81. The number of hydrogen-bond donors (Lipinski definition) is 1. The molecule has 3 aromatic carbocycles. The molecule has 1 N–H and O–H groups in total. The van der Waals surface area contributed by atoms with Crippen molar-refractivity contribution in [3.63, 3.8) is 0 Å². The van der Waals surface area contributed by atoms with E-state index < -0.39 is 39.3 Å². The summed E-state index contributed by atoms with van der Waals surface area (Å²) in [5.41, 5.74) is 0.204. The van der Waals surface area contributed by atoms with Crippen LogP contribution in [0.15, 0.2) is 65.1 Å². The molecule has 190 valence electrons. The Balaban J connectivity index is 1.79. The van der Waals surface area contributed by atoms with Crippen LogP contribution in [0, 0.1) is 6.92 Å². The molecule has 4 rings (SSSR count). The van der Waals surface area contributed by atoms with Crippen LogP contribution in [0.4, 0.5) is 10.5 Å². The van der Waals surface area contributed by atoms with Crippen LogP contribution in [0.5, 0.6) is 5.75 Å². The second-order valence-electron chi connectivity index (χ2n) is 7.69. The fraction of sp³-hybridized carbons (Fsp3) is 0.0417. The summed E-state index contributed by atoms with van der Waals surface area (Å²) in [4.78, 5) is 38.9. The van der Waals surface area contributed by atoms with Crippen molar-refractivity contribution in [3.8, 4) is 5.75 Å². The van der Waals surface area contributed by atoms with Gasteiger partial charge in [0.25, 0.3) is 11.8 Å². The zero-order valence-electron chi connectivity index (χ0n) is 18.6. The number of aryl methyl sites for hydroxylation is 1. The Morgan fingerprint density at radius 3 is 2.19 bits per heavy atom. The maximum atomic E-state index is 13.3. The first-order valence-corrected chi connectivity index (χ1v) is 13.2. The number of urea groups is 1. The second-order valence-corrected chi connectivity index (χ2v) is 10.9. The first-order valence-electron chi connectivity index (χ1n) is 10.2. The summed E-state index contributed by atoms with van der Waals surface area (Å²) in [6, 6.07) is 11.1. The van der Waals surface area contributed by atoms with Gasteiger partial charge in [-0.3, -0.25) is 14.9 Å². The summed E-state index contributed by atoms with van der Waals surface area (Å²) >= 11 is 24.3. The molecule has 0 atom stereocenters. The van der Waals surface area contributed by atoms with E-state index in [1.807, 2.05) is 0 Å². The van der Waals surface area contributed by atoms with Crippen LogP contribution >= 0.6 is 46.4 Å². The average molecular weight is 600 g/mol. The third-order valence-corrected chi connectivity index (χ3v) is 7.54. The van der Waals surface area contributed by atoms with Gasteiger partial charge in [-0.2, -0.15) is 8.42 Å². The van der Waals surface area contributed by atoms with Crippen molar-refractivity contribution in [1.29, 1.82) is 0 Å². The minimum Gasteiger partial charge on any atom is -0.377 e. The third kappa shape index (κ3) is 5.61. The molecule has 3 aromatic rings. The number of halogens is 4. The maximum absolute atomic E-state index is 13.3. The summed E-state index contributed by atoms with van der Waals surface area (Å²) in [6.07, 6.45) is 1.03. The van der Waals surface area contributed by atoms with Crippen LogP contribution in [0.3, 0.4) is 0 Å². The molecular weight excluding hydrogens is 586 g/mol. The van der Waals surface area contributed by atoms with Gasteiger partial charge in [0.2, 0.25) is 0 Å². The number of nitrogens with one attached hydrogen (secondary N) is 1. The number of anilines is 1. The highest BCUT2D eigenvalue weighted by Crippen LogP contribution is 2.37. The molecule has 37 heavy (non-hydrogen) atoms. The third-order valence-electron chi connectivity index (χ3n) is 5.15. The molecule has 1 aliphatic rings. The predicted octanol–water partition coefficient (Wildman–Crippen LogP) is 6.04. The largest absolute Gasteiger partial charge is 0.377 e. The zero-order chi connectivity index (χ0) is 27.1. The molecule has 1 saturated heterocycles. The standard InChI is InChI=1S/C24H14Cl4N2O6S/c1-12-2-5-16(11-19(12)27)30-23(32)18(22(31)29-24(30)33)9-13-8-15(26)10-20(28)21(13)36-37(34,35)17-6-3-14(25)4-7-17/h2-11H,1H3,(H,29,31,33)/b18-9+. The van der Waals surface area contributed by atoms with Crippen LogP contribution in [0.1, 0.15) is 11.1 Å². The number of carbonyl (C=O) groups is 3. The second kappa shape index (κ2) is 10.4. The van der Waals surface area contributed by atoms with Crippen molar-refractivity contribution in [2.45, 2.75) is 11.8 Å². The molecule has 8 nitrogen and oxygen atoms in total. The fourth-order valence-corrected chi connectivity index (χ4v) is 5.17. The highest BCUT2D eigenvalue weighted by molar-refractivity contribution is 7.87. The molecular formula is C24H14Cl4N2O6S. The Labute approximate surface area is 231 Å². The van der Waals surface area contributed by atoms with E-state index >= 15 is 0 Å². The van der Waals surface area contributed by atoms with Crippen LogP contribution in [-0.2, 0) is 19.7 Å². The van der Waals surface area contributed by atoms with Crippen LogP contribution in [0.25, 0.3) is 6.08 Å². The lowest BCUT2D eigenvalue weighted by Gasteiger charge is -2.26. The van der Waals surface area contributed by atoms with E-state index in [1.54, 1.807) is 13.0 Å². The molecule has 0 spiro atoms. The van der Waals surface area contributed by atoms with Gasteiger partial charge in [0.05, 0.1) is 10.7 Å². The lowest BCUT2D eigenvalue weighted by Crippen LogP contribution is -2.54. The van der Waals surface area contributed by atoms with Crippen LogP contribution in [0.2, 0.25) is 20.1 Å². The summed E-state index contributed by atoms with van der Waals surface area (Å²) in [7, 11) is -4.41. The predicted molar refractivity (Wildman–Crippen MR) is 141 cm³/mol. The van der Waals surface area contributed by atoms with Gasteiger partial charge in [0, 0.05) is 20.6 Å². The van der Waals surface area contributed by atoms with Crippen molar-refractivity contribution in [3.05, 3.63) is 91.4 Å². The molecule has 0 bridgehead atoms. The topological polar surface area (TPSA) is 110 Å². The molecule has 0 unspecified atom stereocenters. The lowest BCUT2D eigenvalue weighted by molar-refractivity contribution is -0.122. The van der Waals surface area contributed by atoms with Gasteiger partial charge in [0.1, 0.15) is 10.5 Å². The van der Waals surface area contributed by atoms with E-state index in [9.17, 15) is 22.8 Å².